The molecule has 0 amide bonds. The zero-order chi connectivity index (χ0) is 13.0. The van der Waals surface area contributed by atoms with Crippen molar-refractivity contribution in [3.05, 3.63) is 11.1 Å². The number of rotatable bonds is 5. The standard InChI is InChI=1S/C12H18N2O3S/c1-2-17-10-4-3-5-14(7-10)12-13-9(8-18-12)6-11(15)16/h8,10H,2-7H2,1H3,(H,15,16). The minimum Gasteiger partial charge on any atom is -0.481 e. The van der Waals surface area contributed by atoms with Gasteiger partial charge in [-0.3, -0.25) is 4.79 Å². The number of carboxylic acid groups (broad SMARTS) is 1. The van der Waals surface area contributed by atoms with Crippen LogP contribution in [0, 0.1) is 0 Å². The monoisotopic (exact) mass is 270 g/mol. The van der Waals surface area contributed by atoms with Crippen molar-refractivity contribution in [3.8, 4) is 0 Å². The zero-order valence-corrected chi connectivity index (χ0v) is 11.3. The Bertz CT molecular complexity index is 406. The highest BCUT2D eigenvalue weighted by molar-refractivity contribution is 7.13. The third-order valence-electron chi connectivity index (χ3n) is 2.92. The van der Waals surface area contributed by atoms with E-state index in [0.29, 0.717) is 5.69 Å². The largest absolute Gasteiger partial charge is 0.481 e. The molecule has 1 unspecified atom stereocenters. The first-order valence-corrected chi connectivity index (χ1v) is 7.09. The van der Waals surface area contributed by atoms with Crippen LogP contribution in [0.4, 0.5) is 5.13 Å². The van der Waals surface area contributed by atoms with Gasteiger partial charge in [-0.15, -0.1) is 11.3 Å². The van der Waals surface area contributed by atoms with Gasteiger partial charge in [-0.05, 0) is 19.8 Å². The summed E-state index contributed by atoms with van der Waals surface area (Å²) in [5, 5.41) is 11.5. The third-order valence-corrected chi connectivity index (χ3v) is 3.87. The molecule has 0 saturated carbocycles. The summed E-state index contributed by atoms with van der Waals surface area (Å²) in [5.41, 5.74) is 0.640. The molecule has 1 aliphatic heterocycles. The molecule has 0 aromatic carbocycles. The summed E-state index contributed by atoms with van der Waals surface area (Å²) in [6.45, 7) is 4.57. The van der Waals surface area contributed by atoms with Gasteiger partial charge >= 0.3 is 5.97 Å². The highest BCUT2D eigenvalue weighted by Gasteiger charge is 2.22. The Morgan fingerprint density at radius 2 is 2.56 bits per heavy atom. The summed E-state index contributed by atoms with van der Waals surface area (Å²) in [7, 11) is 0. The van der Waals surface area contributed by atoms with Gasteiger partial charge < -0.3 is 14.7 Å². The van der Waals surface area contributed by atoms with E-state index < -0.39 is 5.97 Å². The van der Waals surface area contributed by atoms with Gasteiger partial charge in [0, 0.05) is 25.1 Å². The van der Waals surface area contributed by atoms with Gasteiger partial charge in [0.25, 0.3) is 0 Å². The van der Waals surface area contributed by atoms with Crippen LogP contribution in [0.1, 0.15) is 25.5 Å². The maximum atomic E-state index is 10.6. The number of carbonyl (C=O) groups is 1. The highest BCUT2D eigenvalue weighted by Crippen LogP contribution is 2.25. The molecule has 1 N–H and O–H groups in total. The van der Waals surface area contributed by atoms with Crippen LogP contribution in [0.3, 0.4) is 0 Å². The molecule has 2 heterocycles. The lowest BCUT2D eigenvalue weighted by molar-refractivity contribution is -0.136. The summed E-state index contributed by atoms with van der Waals surface area (Å²) < 4.78 is 5.65. The Morgan fingerprint density at radius 1 is 1.72 bits per heavy atom. The predicted octanol–water partition coefficient (Wildman–Crippen LogP) is 1.78. The summed E-state index contributed by atoms with van der Waals surface area (Å²) >= 11 is 1.51. The van der Waals surface area contributed by atoms with Crippen LogP contribution < -0.4 is 4.90 Å². The summed E-state index contributed by atoms with van der Waals surface area (Å²) in [5.74, 6) is -0.835. The van der Waals surface area contributed by atoms with Crippen molar-refractivity contribution in [1.82, 2.24) is 4.98 Å². The number of thiazole rings is 1. The molecule has 0 aliphatic carbocycles. The molecule has 1 aromatic rings. The average molecular weight is 270 g/mol. The van der Waals surface area contributed by atoms with E-state index in [-0.39, 0.29) is 12.5 Å². The quantitative estimate of drug-likeness (QED) is 0.883. The van der Waals surface area contributed by atoms with Crippen molar-refractivity contribution < 1.29 is 14.6 Å². The number of carboxylic acids is 1. The maximum Gasteiger partial charge on any atom is 0.309 e. The lowest BCUT2D eigenvalue weighted by Crippen LogP contribution is -2.39. The minimum atomic E-state index is -0.835. The van der Waals surface area contributed by atoms with E-state index in [1.165, 1.54) is 11.3 Å². The molecule has 1 atom stereocenters. The van der Waals surface area contributed by atoms with Crippen LogP contribution in [0.2, 0.25) is 0 Å². The van der Waals surface area contributed by atoms with Gasteiger partial charge in [0.05, 0.1) is 18.2 Å². The molecule has 1 aliphatic rings. The van der Waals surface area contributed by atoms with E-state index in [1.807, 2.05) is 12.3 Å². The van der Waals surface area contributed by atoms with Crippen LogP contribution in [0.5, 0.6) is 0 Å². The molecule has 0 spiro atoms. The maximum absolute atomic E-state index is 10.6. The number of ether oxygens (including phenoxy) is 1. The second-order valence-electron chi connectivity index (χ2n) is 4.36. The lowest BCUT2D eigenvalue weighted by atomic mass is 10.1. The predicted molar refractivity (Wildman–Crippen MR) is 70.3 cm³/mol. The van der Waals surface area contributed by atoms with E-state index in [9.17, 15) is 4.79 Å². The van der Waals surface area contributed by atoms with Gasteiger partial charge in [-0.1, -0.05) is 0 Å². The van der Waals surface area contributed by atoms with Gasteiger partial charge in [0.1, 0.15) is 0 Å². The third kappa shape index (κ3) is 3.43. The second-order valence-corrected chi connectivity index (χ2v) is 5.19. The fraction of sp³-hybridized carbons (Fsp3) is 0.667. The molecular weight excluding hydrogens is 252 g/mol. The summed E-state index contributed by atoms with van der Waals surface area (Å²) in [6.07, 6.45) is 2.46. The summed E-state index contributed by atoms with van der Waals surface area (Å²) in [6, 6.07) is 0. The van der Waals surface area contributed by atoms with E-state index in [2.05, 4.69) is 9.88 Å². The Morgan fingerprint density at radius 3 is 3.28 bits per heavy atom. The number of nitrogens with zero attached hydrogens (tertiary/aromatic N) is 2. The number of aromatic nitrogens is 1. The first-order valence-electron chi connectivity index (χ1n) is 6.21. The highest BCUT2D eigenvalue weighted by atomic mass is 32.1. The van der Waals surface area contributed by atoms with Crippen molar-refractivity contribution in [2.45, 2.75) is 32.3 Å². The normalized spacial score (nSPS) is 20.1. The number of anilines is 1. The number of hydrogen-bond donors (Lipinski definition) is 1. The van der Waals surface area contributed by atoms with Crippen LogP contribution >= 0.6 is 11.3 Å². The minimum absolute atomic E-state index is 0.000765. The van der Waals surface area contributed by atoms with Crippen LogP contribution in [-0.4, -0.2) is 41.9 Å². The van der Waals surface area contributed by atoms with E-state index in [1.54, 1.807) is 0 Å². The van der Waals surface area contributed by atoms with E-state index in [4.69, 9.17) is 9.84 Å². The van der Waals surface area contributed by atoms with Crippen molar-refractivity contribution in [1.29, 1.82) is 0 Å². The molecule has 100 valence electrons. The van der Waals surface area contributed by atoms with E-state index >= 15 is 0 Å². The Kier molecular flexibility index (Phi) is 4.54. The zero-order valence-electron chi connectivity index (χ0n) is 10.5. The average Bonchev–Trinajstić information content (AvgIpc) is 2.77. The molecule has 1 saturated heterocycles. The number of aliphatic carboxylic acids is 1. The van der Waals surface area contributed by atoms with Gasteiger partial charge in [0.15, 0.2) is 5.13 Å². The molecule has 0 bridgehead atoms. The molecule has 2 rings (SSSR count). The Labute approximate surface area is 110 Å². The Hall–Kier alpha value is -1.14. The van der Waals surface area contributed by atoms with Gasteiger partial charge in [-0.25, -0.2) is 4.98 Å². The van der Waals surface area contributed by atoms with Crippen LogP contribution in [0.15, 0.2) is 5.38 Å². The van der Waals surface area contributed by atoms with Crippen LogP contribution in [-0.2, 0) is 16.0 Å². The van der Waals surface area contributed by atoms with E-state index in [0.717, 1.165) is 37.7 Å². The number of piperidine rings is 1. The van der Waals surface area contributed by atoms with Crippen LogP contribution in [0.25, 0.3) is 0 Å². The van der Waals surface area contributed by atoms with Crippen molar-refractivity contribution in [3.63, 3.8) is 0 Å². The first-order chi connectivity index (χ1) is 8.69. The molecule has 1 fully saturated rings. The van der Waals surface area contributed by atoms with Crippen molar-refractivity contribution in [2.24, 2.45) is 0 Å². The summed E-state index contributed by atoms with van der Waals surface area (Å²) in [4.78, 5) is 17.2. The Balaban J connectivity index is 1.97. The molecule has 5 nitrogen and oxygen atoms in total. The lowest BCUT2D eigenvalue weighted by Gasteiger charge is -2.32. The van der Waals surface area contributed by atoms with Gasteiger partial charge in [0.2, 0.25) is 0 Å². The SMILES string of the molecule is CCOC1CCCN(c2nc(CC(=O)O)cs2)C1. The molecular formula is C12H18N2O3S. The smallest absolute Gasteiger partial charge is 0.309 e. The second kappa shape index (κ2) is 6.15. The molecule has 6 heteroatoms. The van der Waals surface area contributed by atoms with Crippen molar-refractivity contribution in [2.75, 3.05) is 24.6 Å². The molecule has 1 aromatic heterocycles. The fourth-order valence-electron chi connectivity index (χ4n) is 2.16. The van der Waals surface area contributed by atoms with Crippen molar-refractivity contribution >= 4 is 22.4 Å². The topological polar surface area (TPSA) is 62.7 Å². The number of hydrogen-bond acceptors (Lipinski definition) is 5. The molecule has 0 radical (unpaired) electrons. The first kappa shape index (κ1) is 13.3. The molecule has 18 heavy (non-hydrogen) atoms. The fourth-order valence-corrected chi connectivity index (χ4v) is 3.02. The van der Waals surface area contributed by atoms with Gasteiger partial charge in [-0.2, -0.15) is 0 Å².